The average molecular weight is 318 g/mol. The van der Waals surface area contributed by atoms with Gasteiger partial charge in [-0.2, -0.15) is 13.2 Å². The highest BCUT2D eigenvalue weighted by atomic mass is 19.4. The van der Waals surface area contributed by atoms with Gasteiger partial charge in [0.15, 0.2) is 6.10 Å². The first-order chi connectivity index (χ1) is 10.2. The second kappa shape index (κ2) is 5.48. The first-order valence-electron chi connectivity index (χ1n) is 6.13. The van der Waals surface area contributed by atoms with Crippen LogP contribution < -0.4 is 5.73 Å². The minimum absolute atomic E-state index is 0.188. The van der Waals surface area contributed by atoms with Crippen LogP contribution in [0.1, 0.15) is 17.5 Å². The molecule has 8 heteroatoms. The van der Waals surface area contributed by atoms with E-state index in [9.17, 15) is 22.0 Å². The fourth-order valence-corrected chi connectivity index (χ4v) is 2.26. The molecule has 0 amide bonds. The van der Waals surface area contributed by atoms with Gasteiger partial charge in [0.05, 0.1) is 0 Å². The lowest BCUT2D eigenvalue weighted by Crippen LogP contribution is -2.48. The summed E-state index contributed by atoms with van der Waals surface area (Å²) in [5.74, 6) is 1.28. The molecule has 0 radical (unpaired) electrons. The Hall–Kier alpha value is -2.30. The lowest BCUT2D eigenvalue weighted by Gasteiger charge is -2.36. The number of nitrogens with two attached hydrogens (primary N) is 1. The molecule has 2 rings (SSSR count). The number of ether oxygens (including phenoxy) is 1. The Bertz CT molecular complexity index is 650. The van der Waals surface area contributed by atoms with Crippen molar-refractivity contribution in [1.29, 1.82) is 0 Å². The zero-order valence-electron chi connectivity index (χ0n) is 11.1. The normalized spacial score (nSPS) is 25.1. The molecule has 118 valence electrons. The predicted octanol–water partition coefficient (Wildman–Crippen LogP) is 2.64. The van der Waals surface area contributed by atoms with E-state index in [-0.39, 0.29) is 11.1 Å². The molecule has 0 spiro atoms. The Labute approximate surface area is 123 Å². The fourth-order valence-electron chi connectivity index (χ4n) is 2.26. The van der Waals surface area contributed by atoms with Crippen molar-refractivity contribution in [3.63, 3.8) is 0 Å². The van der Waals surface area contributed by atoms with Gasteiger partial charge in [0.2, 0.25) is 0 Å². The summed E-state index contributed by atoms with van der Waals surface area (Å²) in [7, 11) is 0. The summed E-state index contributed by atoms with van der Waals surface area (Å²) < 4.78 is 70.6. The maximum absolute atomic E-state index is 14.0. The summed E-state index contributed by atoms with van der Waals surface area (Å²) in [6.45, 7) is -1.38. The quantitative estimate of drug-likeness (QED) is 0.673. The second-order valence-electron chi connectivity index (χ2n) is 4.81. The number of amidine groups is 1. The maximum atomic E-state index is 14.0. The van der Waals surface area contributed by atoms with Gasteiger partial charge in [0.1, 0.15) is 18.0 Å². The molecule has 3 nitrogen and oxygen atoms in total. The van der Waals surface area contributed by atoms with Crippen LogP contribution in [-0.4, -0.2) is 25.0 Å². The Kier molecular flexibility index (Phi) is 4.00. The molecule has 0 bridgehead atoms. The van der Waals surface area contributed by atoms with Crippen LogP contribution in [0.4, 0.5) is 22.0 Å². The lowest BCUT2D eigenvalue weighted by atomic mass is 9.84. The van der Waals surface area contributed by atoms with Crippen LogP contribution in [0.25, 0.3) is 0 Å². The SMILES string of the molecule is C#Cc1ccc(F)c(C2(CF)CC(C(F)(F)F)OC(N)=N2)c1. The number of aliphatic imine (C=N–C) groups is 1. The fraction of sp³-hybridized carbons (Fsp3) is 0.357. The highest BCUT2D eigenvalue weighted by Crippen LogP contribution is 2.41. The van der Waals surface area contributed by atoms with Crippen LogP contribution in [0.2, 0.25) is 0 Å². The van der Waals surface area contributed by atoms with Crippen LogP contribution in [0.3, 0.4) is 0 Å². The van der Waals surface area contributed by atoms with Crippen LogP contribution >= 0.6 is 0 Å². The van der Waals surface area contributed by atoms with Gasteiger partial charge in [-0.05, 0) is 18.2 Å². The molecule has 0 saturated carbocycles. The zero-order chi connectivity index (χ0) is 16.5. The third kappa shape index (κ3) is 2.84. The van der Waals surface area contributed by atoms with Gasteiger partial charge in [-0.25, -0.2) is 13.8 Å². The largest absolute Gasteiger partial charge is 0.452 e. The number of rotatable bonds is 2. The van der Waals surface area contributed by atoms with Crippen molar-refractivity contribution >= 4 is 6.02 Å². The first kappa shape index (κ1) is 16.1. The summed E-state index contributed by atoms with van der Waals surface area (Å²) in [6, 6.07) is 2.44. The maximum Gasteiger partial charge on any atom is 0.425 e. The monoisotopic (exact) mass is 318 g/mol. The van der Waals surface area contributed by atoms with Crippen molar-refractivity contribution in [2.45, 2.75) is 24.2 Å². The van der Waals surface area contributed by atoms with Crippen molar-refractivity contribution in [3.05, 3.63) is 35.1 Å². The molecule has 1 aromatic carbocycles. The van der Waals surface area contributed by atoms with Crippen molar-refractivity contribution in [2.75, 3.05) is 6.67 Å². The van der Waals surface area contributed by atoms with Gasteiger partial charge in [0.25, 0.3) is 6.02 Å². The summed E-state index contributed by atoms with van der Waals surface area (Å²) in [5, 5.41) is 0. The first-order valence-corrected chi connectivity index (χ1v) is 6.13. The van der Waals surface area contributed by atoms with Gasteiger partial charge < -0.3 is 10.5 Å². The van der Waals surface area contributed by atoms with E-state index in [1.165, 1.54) is 6.07 Å². The third-order valence-corrected chi connectivity index (χ3v) is 3.33. The van der Waals surface area contributed by atoms with E-state index in [2.05, 4.69) is 15.6 Å². The summed E-state index contributed by atoms with van der Waals surface area (Å²) >= 11 is 0. The lowest BCUT2D eigenvalue weighted by molar-refractivity contribution is -0.209. The van der Waals surface area contributed by atoms with Crippen molar-refractivity contribution in [1.82, 2.24) is 0 Å². The van der Waals surface area contributed by atoms with Crippen molar-refractivity contribution in [2.24, 2.45) is 10.7 Å². The molecule has 0 saturated heterocycles. The second-order valence-corrected chi connectivity index (χ2v) is 4.81. The Morgan fingerprint density at radius 2 is 2.14 bits per heavy atom. The Balaban J connectivity index is 2.58. The molecular formula is C14H11F5N2O. The molecule has 2 N–H and O–H groups in total. The summed E-state index contributed by atoms with van der Waals surface area (Å²) in [5.41, 5.74) is 2.91. The summed E-state index contributed by atoms with van der Waals surface area (Å²) in [6.07, 6.45) is -2.93. The zero-order valence-corrected chi connectivity index (χ0v) is 11.1. The molecule has 0 aromatic heterocycles. The van der Waals surface area contributed by atoms with E-state index < -0.39 is 42.8 Å². The molecule has 1 aromatic rings. The number of alkyl halides is 4. The topological polar surface area (TPSA) is 47.6 Å². The van der Waals surface area contributed by atoms with Crippen LogP contribution in [-0.2, 0) is 10.3 Å². The van der Waals surface area contributed by atoms with E-state index >= 15 is 0 Å². The minimum Gasteiger partial charge on any atom is -0.452 e. The van der Waals surface area contributed by atoms with Crippen molar-refractivity contribution in [3.8, 4) is 12.3 Å². The highest BCUT2D eigenvalue weighted by Gasteiger charge is 2.52. The van der Waals surface area contributed by atoms with Crippen LogP contribution in [0.5, 0.6) is 0 Å². The number of benzene rings is 1. The number of hydrogen-bond acceptors (Lipinski definition) is 3. The minimum atomic E-state index is -4.79. The summed E-state index contributed by atoms with van der Waals surface area (Å²) in [4.78, 5) is 3.59. The van der Waals surface area contributed by atoms with Gasteiger partial charge in [-0.15, -0.1) is 6.42 Å². The molecule has 0 aliphatic carbocycles. The molecular weight excluding hydrogens is 307 g/mol. The van der Waals surface area contributed by atoms with E-state index in [1.54, 1.807) is 0 Å². The molecule has 0 fully saturated rings. The predicted molar refractivity (Wildman–Crippen MR) is 69.2 cm³/mol. The van der Waals surface area contributed by atoms with E-state index in [1.807, 2.05) is 0 Å². The number of halogens is 5. The van der Waals surface area contributed by atoms with Crippen molar-refractivity contribution < 1.29 is 26.7 Å². The highest BCUT2D eigenvalue weighted by molar-refractivity contribution is 5.73. The van der Waals surface area contributed by atoms with Gasteiger partial charge in [-0.3, -0.25) is 0 Å². The van der Waals surface area contributed by atoms with E-state index in [4.69, 9.17) is 12.2 Å². The number of nitrogens with zero attached hydrogens (tertiary/aromatic N) is 1. The molecule has 1 aliphatic rings. The van der Waals surface area contributed by atoms with E-state index in [0.717, 1.165) is 12.1 Å². The molecule has 1 heterocycles. The van der Waals surface area contributed by atoms with E-state index in [0.29, 0.717) is 0 Å². The number of terminal acetylenes is 1. The molecule has 2 atom stereocenters. The molecule has 2 unspecified atom stereocenters. The average Bonchev–Trinajstić information content (AvgIpc) is 2.46. The van der Waals surface area contributed by atoms with Crippen LogP contribution in [0.15, 0.2) is 23.2 Å². The van der Waals surface area contributed by atoms with Gasteiger partial charge >= 0.3 is 6.18 Å². The Morgan fingerprint density at radius 1 is 1.45 bits per heavy atom. The smallest absolute Gasteiger partial charge is 0.425 e. The third-order valence-electron chi connectivity index (χ3n) is 3.33. The van der Waals surface area contributed by atoms with Gasteiger partial charge in [-0.1, -0.05) is 5.92 Å². The standard InChI is InChI=1S/C14H11F5N2O/c1-2-8-3-4-10(16)9(5-8)13(7-15)6-11(14(17,18)19)22-12(20)21-13/h1,3-5,11H,6-7H2,(H2,20,21). The van der Waals surface area contributed by atoms with Gasteiger partial charge in [0, 0.05) is 17.5 Å². The van der Waals surface area contributed by atoms with Crippen LogP contribution in [0, 0.1) is 18.2 Å². The molecule has 1 aliphatic heterocycles. The molecule has 22 heavy (non-hydrogen) atoms. The Morgan fingerprint density at radius 3 is 2.68 bits per heavy atom. The number of hydrogen-bond donors (Lipinski definition) is 1.